The number of amides is 2. The number of nitrogens with zero attached hydrogens (tertiary/aromatic N) is 1. The molecular weight excluding hydrogens is 290 g/mol. The molecule has 122 valence electrons. The molecule has 4 heteroatoms. The molecule has 0 radical (unpaired) electrons. The van der Waals surface area contributed by atoms with E-state index in [-0.39, 0.29) is 24.5 Å². The van der Waals surface area contributed by atoms with Crippen LogP contribution < -0.4 is 0 Å². The Balaban J connectivity index is 1.95. The van der Waals surface area contributed by atoms with Crippen LogP contribution >= 0.6 is 0 Å². The highest BCUT2D eigenvalue weighted by atomic mass is 16.6. The van der Waals surface area contributed by atoms with E-state index in [4.69, 9.17) is 11.2 Å². The number of unbranched alkanes of at least 4 members (excludes halogenated alkanes) is 2. The monoisotopic (exact) mass is 313 g/mol. The summed E-state index contributed by atoms with van der Waals surface area (Å²) in [6.45, 7) is 2.13. The fourth-order valence-corrected chi connectivity index (χ4v) is 2.81. The summed E-state index contributed by atoms with van der Waals surface area (Å²) in [6.07, 6.45) is 8.60. The maximum absolute atomic E-state index is 12.6. The first kappa shape index (κ1) is 17.1. The van der Waals surface area contributed by atoms with Crippen LogP contribution in [-0.2, 0) is 16.0 Å². The third kappa shape index (κ3) is 4.59. The van der Waals surface area contributed by atoms with E-state index < -0.39 is 6.09 Å². The molecule has 1 saturated heterocycles. The third-order valence-electron chi connectivity index (χ3n) is 4.14. The van der Waals surface area contributed by atoms with Crippen molar-refractivity contribution in [1.29, 1.82) is 0 Å². The van der Waals surface area contributed by atoms with E-state index in [1.54, 1.807) is 0 Å². The molecule has 1 heterocycles. The number of rotatable bonds is 7. The van der Waals surface area contributed by atoms with Gasteiger partial charge in [-0.25, -0.2) is 9.69 Å². The Labute approximate surface area is 137 Å². The van der Waals surface area contributed by atoms with Crippen molar-refractivity contribution in [1.82, 2.24) is 4.90 Å². The van der Waals surface area contributed by atoms with Gasteiger partial charge in [-0.1, -0.05) is 43.7 Å². The number of imide groups is 1. The van der Waals surface area contributed by atoms with E-state index >= 15 is 0 Å². The van der Waals surface area contributed by atoms with Gasteiger partial charge in [-0.3, -0.25) is 4.79 Å². The van der Waals surface area contributed by atoms with E-state index in [0.717, 1.165) is 31.2 Å². The molecule has 1 aromatic carbocycles. The molecule has 0 spiro atoms. The van der Waals surface area contributed by atoms with Crippen LogP contribution in [0, 0.1) is 18.3 Å². The summed E-state index contributed by atoms with van der Waals surface area (Å²) in [7, 11) is 0. The summed E-state index contributed by atoms with van der Waals surface area (Å²) in [5.74, 6) is 2.26. The smallest absolute Gasteiger partial charge is 0.416 e. The van der Waals surface area contributed by atoms with Gasteiger partial charge in [-0.05, 0) is 24.8 Å². The van der Waals surface area contributed by atoms with E-state index in [9.17, 15) is 9.59 Å². The van der Waals surface area contributed by atoms with Crippen LogP contribution in [-0.4, -0.2) is 29.5 Å². The minimum atomic E-state index is -0.522. The number of hydrogen-bond acceptors (Lipinski definition) is 3. The van der Waals surface area contributed by atoms with Crippen molar-refractivity contribution in [2.75, 3.05) is 6.61 Å². The Morgan fingerprint density at radius 3 is 2.83 bits per heavy atom. The van der Waals surface area contributed by atoms with Gasteiger partial charge in [-0.2, -0.15) is 0 Å². The van der Waals surface area contributed by atoms with Crippen molar-refractivity contribution in [2.45, 2.75) is 45.1 Å². The third-order valence-corrected chi connectivity index (χ3v) is 4.14. The number of terminal acetylenes is 1. The minimum absolute atomic E-state index is 0.144. The zero-order valence-electron chi connectivity index (χ0n) is 13.5. The van der Waals surface area contributed by atoms with Gasteiger partial charge < -0.3 is 4.74 Å². The second kappa shape index (κ2) is 8.38. The Hall–Kier alpha value is -2.28. The Bertz CT molecular complexity index is 576. The summed E-state index contributed by atoms with van der Waals surface area (Å²) in [5.41, 5.74) is 1.09. The average Bonchev–Trinajstić information content (AvgIpc) is 2.92. The molecule has 0 bridgehead atoms. The first-order valence-corrected chi connectivity index (χ1v) is 8.10. The average molecular weight is 313 g/mol. The van der Waals surface area contributed by atoms with Crippen LogP contribution in [0.4, 0.5) is 4.79 Å². The van der Waals surface area contributed by atoms with E-state index in [0.29, 0.717) is 6.42 Å². The highest BCUT2D eigenvalue weighted by Gasteiger charge is 2.39. The molecule has 1 fully saturated rings. The quantitative estimate of drug-likeness (QED) is 0.572. The van der Waals surface area contributed by atoms with E-state index in [2.05, 4.69) is 5.92 Å². The van der Waals surface area contributed by atoms with Crippen LogP contribution in [0.3, 0.4) is 0 Å². The zero-order chi connectivity index (χ0) is 16.7. The van der Waals surface area contributed by atoms with Gasteiger partial charge in [0.25, 0.3) is 0 Å². The van der Waals surface area contributed by atoms with Gasteiger partial charge in [0, 0.05) is 12.3 Å². The molecule has 0 N–H and O–H groups in total. The van der Waals surface area contributed by atoms with Crippen molar-refractivity contribution < 1.29 is 14.3 Å². The summed E-state index contributed by atoms with van der Waals surface area (Å²) < 4.78 is 5.10. The minimum Gasteiger partial charge on any atom is -0.447 e. The second-order valence-corrected chi connectivity index (χ2v) is 5.98. The predicted octanol–water partition coefficient (Wildman–Crippen LogP) is 3.41. The second-order valence-electron chi connectivity index (χ2n) is 5.98. The summed E-state index contributed by atoms with van der Waals surface area (Å²) in [4.78, 5) is 25.9. The first-order valence-electron chi connectivity index (χ1n) is 8.10. The van der Waals surface area contributed by atoms with Crippen molar-refractivity contribution in [3.8, 4) is 12.3 Å². The molecule has 23 heavy (non-hydrogen) atoms. The fraction of sp³-hybridized carbons (Fsp3) is 0.474. The van der Waals surface area contributed by atoms with Gasteiger partial charge >= 0.3 is 6.09 Å². The van der Waals surface area contributed by atoms with Gasteiger partial charge in [-0.15, -0.1) is 12.3 Å². The lowest BCUT2D eigenvalue weighted by Crippen LogP contribution is -2.43. The molecule has 1 aromatic rings. The number of carbonyl (C=O) groups is 2. The van der Waals surface area contributed by atoms with Crippen LogP contribution in [0.1, 0.15) is 38.2 Å². The van der Waals surface area contributed by atoms with Crippen molar-refractivity contribution in [3.05, 3.63) is 35.9 Å². The number of ether oxygens (including phenoxy) is 1. The van der Waals surface area contributed by atoms with Crippen molar-refractivity contribution in [3.63, 3.8) is 0 Å². The summed E-state index contributed by atoms with van der Waals surface area (Å²) >= 11 is 0. The Kier molecular flexibility index (Phi) is 6.22. The van der Waals surface area contributed by atoms with Gasteiger partial charge in [0.15, 0.2) is 0 Å². The van der Waals surface area contributed by atoms with Crippen LogP contribution in [0.2, 0.25) is 0 Å². The molecule has 2 amide bonds. The molecule has 4 nitrogen and oxygen atoms in total. The number of cyclic esters (lactones) is 1. The molecule has 0 aliphatic carbocycles. The molecule has 1 aliphatic heterocycles. The molecule has 0 saturated carbocycles. The zero-order valence-corrected chi connectivity index (χ0v) is 13.5. The van der Waals surface area contributed by atoms with Crippen molar-refractivity contribution in [2.24, 2.45) is 5.92 Å². The standard InChI is InChI=1S/C19H23NO3/c1-3-4-5-7-10-15(2)18(21)20-17(14-23-19(20)22)13-16-11-8-6-9-12-16/h1,6,8-9,11-12,15,17H,4-5,7,10,13-14H2,2H3/t15-,17+/m1/s1. The predicted molar refractivity (Wildman–Crippen MR) is 88.6 cm³/mol. The van der Waals surface area contributed by atoms with Gasteiger partial charge in [0.2, 0.25) is 5.91 Å². The van der Waals surface area contributed by atoms with Crippen LogP contribution in [0.5, 0.6) is 0 Å². The Morgan fingerprint density at radius 1 is 1.39 bits per heavy atom. The molecular formula is C19H23NO3. The number of benzene rings is 1. The molecule has 2 atom stereocenters. The SMILES string of the molecule is C#CCCCC[C@@H](C)C(=O)N1C(=O)OC[C@@H]1Cc1ccccc1. The topological polar surface area (TPSA) is 46.6 Å². The van der Waals surface area contributed by atoms with Gasteiger partial charge in [0.05, 0.1) is 6.04 Å². The largest absolute Gasteiger partial charge is 0.447 e. The molecule has 0 aromatic heterocycles. The number of hydrogen-bond donors (Lipinski definition) is 0. The van der Waals surface area contributed by atoms with Crippen LogP contribution in [0.25, 0.3) is 0 Å². The fourth-order valence-electron chi connectivity index (χ4n) is 2.81. The summed E-state index contributed by atoms with van der Waals surface area (Å²) in [5, 5.41) is 0. The normalized spacial score (nSPS) is 18.3. The highest BCUT2D eigenvalue weighted by Crippen LogP contribution is 2.22. The lowest BCUT2D eigenvalue weighted by molar-refractivity contribution is -0.133. The molecule has 0 unspecified atom stereocenters. The molecule has 2 rings (SSSR count). The first-order chi connectivity index (χ1) is 11.1. The van der Waals surface area contributed by atoms with E-state index in [1.807, 2.05) is 37.3 Å². The summed E-state index contributed by atoms with van der Waals surface area (Å²) in [6, 6.07) is 9.62. The highest BCUT2D eigenvalue weighted by molar-refractivity contribution is 5.94. The number of carbonyl (C=O) groups excluding carboxylic acids is 2. The van der Waals surface area contributed by atoms with Crippen LogP contribution in [0.15, 0.2) is 30.3 Å². The van der Waals surface area contributed by atoms with E-state index in [1.165, 1.54) is 4.90 Å². The lowest BCUT2D eigenvalue weighted by atomic mass is 10.00. The Morgan fingerprint density at radius 2 is 2.13 bits per heavy atom. The van der Waals surface area contributed by atoms with Gasteiger partial charge in [0.1, 0.15) is 6.61 Å². The maximum atomic E-state index is 12.6. The van der Waals surface area contributed by atoms with Crippen molar-refractivity contribution >= 4 is 12.0 Å². The molecule has 1 aliphatic rings. The lowest BCUT2D eigenvalue weighted by Gasteiger charge is -2.23. The maximum Gasteiger partial charge on any atom is 0.416 e.